The Balaban J connectivity index is 1.52. The van der Waals surface area contributed by atoms with Crippen molar-refractivity contribution in [3.63, 3.8) is 0 Å². The lowest BCUT2D eigenvalue weighted by Crippen LogP contribution is -2.33. The van der Waals surface area contributed by atoms with Gasteiger partial charge in [-0.1, -0.05) is 36.3 Å². The minimum atomic E-state index is -0.625. The van der Waals surface area contributed by atoms with E-state index in [1.807, 2.05) is 62.4 Å². The minimum absolute atomic E-state index is 0.0648. The van der Waals surface area contributed by atoms with E-state index in [-0.39, 0.29) is 16.9 Å². The fourth-order valence-electron chi connectivity index (χ4n) is 4.74. The first-order valence-corrected chi connectivity index (χ1v) is 14.3. The summed E-state index contributed by atoms with van der Waals surface area (Å²) in [6.45, 7) is 3.64. The number of nitrogen functional groups attached to an aromatic ring is 1. The Hall–Kier alpha value is -4.79. The van der Waals surface area contributed by atoms with Gasteiger partial charge in [-0.2, -0.15) is 0 Å². The largest absolute Gasteiger partial charge is 0.381 e. The van der Waals surface area contributed by atoms with Crippen molar-refractivity contribution < 1.29 is 4.79 Å². The van der Waals surface area contributed by atoms with Gasteiger partial charge in [-0.05, 0) is 60.0 Å². The summed E-state index contributed by atoms with van der Waals surface area (Å²) in [7, 11) is 0. The van der Waals surface area contributed by atoms with Crippen molar-refractivity contribution in [1.29, 1.82) is 0 Å². The summed E-state index contributed by atoms with van der Waals surface area (Å²) in [5.41, 5.74) is 10.7. The summed E-state index contributed by atoms with van der Waals surface area (Å²) in [5, 5.41) is 8.40. The zero-order valence-electron chi connectivity index (χ0n) is 21.9. The molecule has 11 heteroatoms. The van der Waals surface area contributed by atoms with E-state index >= 15 is 0 Å². The predicted molar refractivity (Wildman–Crippen MR) is 163 cm³/mol. The highest BCUT2D eigenvalue weighted by atomic mass is 79.9. The number of carbonyl (C=O) groups excluding carboxylic acids is 1. The molecule has 202 valence electrons. The molecule has 6 rings (SSSR count). The number of pyridine rings is 1. The number of benzene rings is 2. The Bertz CT molecular complexity index is 2070. The van der Waals surface area contributed by atoms with E-state index in [0.29, 0.717) is 37.8 Å². The van der Waals surface area contributed by atoms with Gasteiger partial charge in [0.25, 0.3) is 11.5 Å². The van der Waals surface area contributed by atoms with E-state index in [1.165, 1.54) is 15.9 Å². The van der Waals surface area contributed by atoms with Gasteiger partial charge in [0, 0.05) is 33.0 Å². The fourth-order valence-corrected chi connectivity index (χ4v) is 6.06. The molecule has 6 aromatic rings. The third kappa shape index (κ3) is 4.77. The molecule has 1 amide bonds. The average Bonchev–Trinajstić information content (AvgIpc) is 3.60. The Morgan fingerprint density at radius 3 is 2.68 bits per heavy atom. The molecule has 41 heavy (non-hydrogen) atoms. The van der Waals surface area contributed by atoms with Crippen LogP contribution in [-0.2, 0) is 0 Å². The number of aromatic nitrogens is 5. The number of hydrogen-bond acceptors (Lipinski definition) is 7. The first-order chi connectivity index (χ1) is 19.8. The Morgan fingerprint density at radius 2 is 1.93 bits per heavy atom. The number of anilines is 1. The highest BCUT2D eigenvalue weighted by molar-refractivity contribution is 9.10. The number of carbonyl (C=O) groups is 1. The lowest BCUT2D eigenvalue weighted by atomic mass is 10.0. The molecule has 0 saturated carbocycles. The topological polar surface area (TPSA) is 120 Å². The smallest absolute Gasteiger partial charge is 0.264 e. The number of aryl methyl sites for hydroxylation is 1. The van der Waals surface area contributed by atoms with Crippen LogP contribution in [0.3, 0.4) is 0 Å². The third-order valence-electron chi connectivity index (χ3n) is 6.59. The quantitative estimate of drug-likeness (QED) is 0.266. The number of rotatable bonds is 4. The predicted octanol–water partition coefficient (Wildman–Crippen LogP) is 5.03. The van der Waals surface area contributed by atoms with E-state index < -0.39 is 11.9 Å². The number of para-hydroxylation sites is 1. The van der Waals surface area contributed by atoms with Crippen LogP contribution in [0.5, 0.6) is 0 Å². The maximum absolute atomic E-state index is 14.3. The molecule has 0 bridgehead atoms. The molecule has 0 saturated heterocycles. The normalized spacial score (nSPS) is 11.8. The summed E-state index contributed by atoms with van der Waals surface area (Å²) in [5.74, 6) is 5.86. The molecule has 0 aliphatic rings. The van der Waals surface area contributed by atoms with E-state index in [1.54, 1.807) is 28.5 Å². The summed E-state index contributed by atoms with van der Waals surface area (Å²) < 4.78 is 3.74. The fraction of sp³-hybridized carbons (Fsp3) is 0.100. The molecule has 0 radical (unpaired) electrons. The van der Waals surface area contributed by atoms with Gasteiger partial charge in [0.05, 0.1) is 33.7 Å². The number of nitrogens with zero attached hydrogens (tertiary/aromatic N) is 5. The average molecular weight is 625 g/mol. The SMILES string of the molecule is Cc1ccn2nc(N)c(C(=O)NC(C)c3c(Br)c4cccc(C#Cc5cncs5)c4c(=O)n3-c3ccccc3)c2n1. The second-order valence-electron chi connectivity index (χ2n) is 9.31. The van der Waals surface area contributed by atoms with E-state index in [2.05, 4.69) is 48.2 Å². The number of fused-ring (bicyclic) bond motifs is 2. The summed E-state index contributed by atoms with van der Waals surface area (Å²) >= 11 is 5.20. The Kier molecular flexibility index (Phi) is 6.86. The van der Waals surface area contributed by atoms with Crippen LogP contribution in [0.25, 0.3) is 22.1 Å². The number of hydrogen-bond donors (Lipinski definition) is 2. The van der Waals surface area contributed by atoms with Gasteiger partial charge in [0.1, 0.15) is 5.56 Å². The first-order valence-electron chi connectivity index (χ1n) is 12.6. The van der Waals surface area contributed by atoms with E-state index in [4.69, 9.17) is 5.73 Å². The van der Waals surface area contributed by atoms with Crippen molar-refractivity contribution in [3.05, 3.63) is 115 Å². The van der Waals surface area contributed by atoms with E-state index in [9.17, 15) is 9.59 Å². The molecular formula is C30H22BrN7O2S. The molecule has 0 fully saturated rings. The van der Waals surface area contributed by atoms with Gasteiger partial charge in [0.15, 0.2) is 11.5 Å². The van der Waals surface area contributed by atoms with Gasteiger partial charge in [-0.3, -0.25) is 19.1 Å². The van der Waals surface area contributed by atoms with Crippen LogP contribution < -0.4 is 16.6 Å². The molecule has 4 aromatic heterocycles. The van der Waals surface area contributed by atoms with Crippen LogP contribution in [0.1, 0.15) is 45.2 Å². The summed E-state index contributed by atoms with van der Waals surface area (Å²) in [6, 6.07) is 16.0. The molecule has 0 spiro atoms. The molecule has 4 heterocycles. The van der Waals surface area contributed by atoms with Gasteiger partial charge in [-0.25, -0.2) is 9.50 Å². The zero-order chi connectivity index (χ0) is 28.7. The van der Waals surface area contributed by atoms with Gasteiger partial charge < -0.3 is 11.1 Å². The Morgan fingerprint density at radius 1 is 1.12 bits per heavy atom. The second kappa shape index (κ2) is 10.6. The molecule has 9 nitrogen and oxygen atoms in total. The molecule has 1 atom stereocenters. The van der Waals surface area contributed by atoms with Crippen molar-refractivity contribution in [1.82, 2.24) is 29.5 Å². The summed E-state index contributed by atoms with van der Waals surface area (Å²) in [4.78, 5) is 37.2. The molecule has 2 aromatic carbocycles. The molecule has 0 aliphatic heterocycles. The van der Waals surface area contributed by atoms with Gasteiger partial charge in [0.2, 0.25) is 0 Å². The Labute approximate surface area is 246 Å². The van der Waals surface area contributed by atoms with Crippen LogP contribution in [0.2, 0.25) is 0 Å². The van der Waals surface area contributed by atoms with Crippen molar-refractivity contribution in [2.45, 2.75) is 19.9 Å². The number of amides is 1. The van der Waals surface area contributed by atoms with Gasteiger partial charge in [-0.15, -0.1) is 16.4 Å². The van der Waals surface area contributed by atoms with Crippen molar-refractivity contribution in [3.8, 4) is 17.5 Å². The monoisotopic (exact) mass is 623 g/mol. The van der Waals surface area contributed by atoms with Crippen LogP contribution in [-0.4, -0.2) is 30.1 Å². The molecule has 1 unspecified atom stereocenters. The first kappa shape index (κ1) is 26.4. The standard InChI is InChI=1S/C30H22BrN7O2S/c1-17-13-14-37-28(34-17)24(27(32)36-37)29(39)35-18(2)26-25(31)22-10-6-7-19(11-12-21-15-33-16-41-21)23(22)30(40)38(26)20-8-4-3-5-9-20/h3-10,13-16,18H,1-2H3,(H2,32,36)(H,35,39). The lowest BCUT2D eigenvalue weighted by molar-refractivity contribution is 0.0941. The summed E-state index contributed by atoms with van der Waals surface area (Å²) in [6.07, 6.45) is 3.40. The zero-order valence-corrected chi connectivity index (χ0v) is 24.3. The van der Waals surface area contributed by atoms with Crippen molar-refractivity contribution in [2.24, 2.45) is 0 Å². The molecule has 3 N–H and O–H groups in total. The lowest BCUT2D eigenvalue weighted by Gasteiger charge is -2.23. The number of nitrogens with one attached hydrogen (secondary N) is 1. The highest BCUT2D eigenvalue weighted by Crippen LogP contribution is 2.33. The second-order valence-corrected chi connectivity index (χ2v) is 11.0. The third-order valence-corrected chi connectivity index (χ3v) is 8.11. The highest BCUT2D eigenvalue weighted by Gasteiger charge is 2.26. The maximum atomic E-state index is 14.3. The van der Waals surface area contributed by atoms with Crippen LogP contribution >= 0.6 is 27.3 Å². The van der Waals surface area contributed by atoms with Crippen molar-refractivity contribution >= 4 is 55.4 Å². The number of thiazole rings is 1. The van der Waals surface area contributed by atoms with E-state index in [0.717, 1.165) is 10.6 Å². The number of halogens is 1. The van der Waals surface area contributed by atoms with Crippen LogP contribution in [0.4, 0.5) is 5.82 Å². The minimum Gasteiger partial charge on any atom is -0.381 e. The van der Waals surface area contributed by atoms with Crippen LogP contribution in [0.15, 0.2) is 81.8 Å². The molecular weight excluding hydrogens is 602 g/mol. The van der Waals surface area contributed by atoms with Crippen LogP contribution in [0, 0.1) is 18.8 Å². The van der Waals surface area contributed by atoms with Gasteiger partial charge >= 0.3 is 0 Å². The number of nitrogens with two attached hydrogens (primary N) is 1. The molecule has 0 aliphatic carbocycles. The maximum Gasteiger partial charge on any atom is 0.264 e. The van der Waals surface area contributed by atoms with Crippen molar-refractivity contribution in [2.75, 3.05) is 5.73 Å².